The van der Waals surface area contributed by atoms with Gasteiger partial charge >= 0.3 is 41.8 Å². The molecule has 11 heteroatoms. The molecule has 0 amide bonds. The average Bonchev–Trinajstić information content (AvgIpc) is 3.43. The Bertz CT molecular complexity index is 1270. The predicted octanol–water partition coefficient (Wildman–Crippen LogP) is 3.57. The molecular weight excluding hydrogens is 524 g/mol. The van der Waals surface area contributed by atoms with Crippen LogP contribution in [0.4, 0.5) is 0 Å². The van der Waals surface area contributed by atoms with Gasteiger partial charge in [-0.2, -0.15) is 0 Å². The van der Waals surface area contributed by atoms with E-state index in [2.05, 4.69) is 0 Å². The van der Waals surface area contributed by atoms with Crippen molar-refractivity contribution in [1.29, 1.82) is 0 Å². The number of cyclic esters (lactones) is 6. The molecule has 214 valence electrons. The summed E-state index contributed by atoms with van der Waals surface area (Å²) in [5, 5.41) is 8.98. The van der Waals surface area contributed by atoms with Crippen LogP contribution >= 0.6 is 0 Å². The van der Waals surface area contributed by atoms with Crippen LogP contribution in [0.15, 0.2) is 45.6 Å². The van der Waals surface area contributed by atoms with E-state index >= 15 is 0 Å². The van der Waals surface area contributed by atoms with Gasteiger partial charge in [-0.05, 0) is 50.4 Å². The van der Waals surface area contributed by atoms with Crippen molar-refractivity contribution < 1.29 is 52.9 Å². The van der Waals surface area contributed by atoms with E-state index in [9.17, 15) is 33.6 Å². The minimum absolute atomic E-state index is 0.00960. The second kappa shape index (κ2) is 13.3. The average molecular weight is 557 g/mol. The molecule has 0 saturated carbocycles. The van der Waals surface area contributed by atoms with Gasteiger partial charge in [-0.3, -0.25) is 4.79 Å². The first-order valence-corrected chi connectivity index (χ1v) is 13.3. The number of hydrogen-bond donors (Lipinski definition) is 1. The summed E-state index contributed by atoms with van der Waals surface area (Å²) in [5.74, 6) is -6.50. The number of hydrogen-bond acceptors (Lipinski definition) is 10. The van der Waals surface area contributed by atoms with Gasteiger partial charge in [-0.1, -0.05) is 45.8 Å². The Kier molecular flexibility index (Phi) is 10.1. The maximum Gasteiger partial charge on any atom is 0.346 e. The number of allylic oxidation sites excluding steroid dienone is 1. The molecule has 0 aromatic carbocycles. The second-order valence-electron chi connectivity index (χ2n) is 9.91. The molecule has 3 aliphatic rings. The van der Waals surface area contributed by atoms with Crippen molar-refractivity contribution in [3.63, 3.8) is 0 Å². The highest BCUT2D eigenvalue weighted by Gasteiger charge is 2.39. The van der Waals surface area contributed by atoms with Gasteiger partial charge in [-0.15, -0.1) is 0 Å². The Hall–Kier alpha value is -4.15. The third-order valence-corrected chi connectivity index (χ3v) is 7.30. The lowest BCUT2D eigenvalue weighted by atomic mass is 9.84. The largest absolute Gasteiger partial charge is 0.481 e. The number of carbonyl (C=O) groups excluding carboxylic acids is 6. The SMILES string of the molecule is CC/C=C/C1=C(C[C@@H](CC)CC2=C(C[C@@H](CC)CC3=C(CCC(=O)O)C(=O)OC3=O)C(=O)OC2=O)C(=O)OC1=O. The number of carbonyl (C=O) groups is 7. The number of rotatable bonds is 15. The lowest BCUT2D eigenvalue weighted by Crippen LogP contribution is -2.12. The summed E-state index contributed by atoms with van der Waals surface area (Å²) in [4.78, 5) is 85.2. The highest BCUT2D eigenvalue weighted by Crippen LogP contribution is 2.37. The molecule has 0 aromatic rings. The first-order valence-electron chi connectivity index (χ1n) is 13.3. The lowest BCUT2D eigenvalue weighted by molar-refractivity contribution is -0.153. The standard InChI is InChI=1S/C29H32O11/c1-4-7-8-17-19(26(34)38-24(17)32)11-15(5-2)13-21-22(29(37)40-28(21)36)14-16(6-3)12-20-18(9-10-23(30)31)25(33)39-27(20)35/h7-8,15-16H,4-6,9-14H2,1-3H3,(H,30,31)/b8-7+/t15-,16+/m1/s1. The van der Waals surface area contributed by atoms with Crippen molar-refractivity contribution in [1.82, 2.24) is 0 Å². The van der Waals surface area contributed by atoms with E-state index in [1.807, 2.05) is 20.8 Å². The molecule has 11 nitrogen and oxygen atoms in total. The van der Waals surface area contributed by atoms with Gasteiger partial charge in [0, 0.05) is 28.7 Å². The highest BCUT2D eigenvalue weighted by atomic mass is 16.6. The van der Waals surface area contributed by atoms with Crippen LogP contribution in [-0.2, 0) is 47.8 Å². The Balaban J connectivity index is 1.85. The third kappa shape index (κ3) is 6.88. The van der Waals surface area contributed by atoms with Gasteiger partial charge < -0.3 is 19.3 Å². The Morgan fingerprint density at radius 2 is 1.05 bits per heavy atom. The van der Waals surface area contributed by atoms with Crippen molar-refractivity contribution >= 4 is 41.8 Å². The molecule has 3 aliphatic heterocycles. The van der Waals surface area contributed by atoms with Crippen LogP contribution in [0.5, 0.6) is 0 Å². The Morgan fingerprint density at radius 1 is 0.650 bits per heavy atom. The monoisotopic (exact) mass is 556 g/mol. The minimum Gasteiger partial charge on any atom is -0.481 e. The van der Waals surface area contributed by atoms with Gasteiger partial charge in [-0.25, -0.2) is 28.8 Å². The molecule has 3 heterocycles. The molecule has 0 aliphatic carbocycles. The fraction of sp³-hybridized carbons (Fsp3) is 0.483. The zero-order chi connectivity index (χ0) is 29.6. The first-order chi connectivity index (χ1) is 19.0. The molecule has 0 aromatic heterocycles. The van der Waals surface area contributed by atoms with E-state index in [4.69, 9.17) is 19.3 Å². The van der Waals surface area contributed by atoms with Crippen molar-refractivity contribution in [2.24, 2.45) is 11.8 Å². The molecule has 0 fully saturated rings. The fourth-order valence-electron chi connectivity index (χ4n) is 4.92. The molecule has 0 bridgehead atoms. The molecular formula is C29H32O11. The maximum absolute atomic E-state index is 12.7. The molecule has 0 radical (unpaired) electrons. The molecule has 0 unspecified atom stereocenters. The van der Waals surface area contributed by atoms with Crippen LogP contribution in [0, 0.1) is 11.8 Å². The third-order valence-electron chi connectivity index (χ3n) is 7.30. The zero-order valence-corrected chi connectivity index (χ0v) is 22.7. The summed E-state index contributed by atoms with van der Waals surface area (Å²) in [5.41, 5.74) is 0.817. The van der Waals surface area contributed by atoms with Crippen LogP contribution < -0.4 is 0 Å². The van der Waals surface area contributed by atoms with Crippen LogP contribution in [0.1, 0.15) is 78.6 Å². The van der Waals surface area contributed by atoms with E-state index in [-0.39, 0.29) is 83.8 Å². The van der Waals surface area contributed by atoms with Gasteiger partial charge in [0.15, 0.2) is 0 Å². The summed E-state index contributed by atoms with van der Waals surface area (Å²) in [7, 11) is 0. The minimum atomic E-state index is -1.13. The first kappa shape index (κ1) is 30.4. The number of carboxylic acid groups (broad SMARTS) is 1. The van der Waals surface area contributed by atoms with Crippen LogP contribution in [0.25, 0.3) is 0 Å². The summed E-state index contributed by atoms with van der Waals surface area (Å²) < 4.78 is 14.4. The quantitative estimate of drug-likeness (QED) is 0.178. The summed E-state index contributed by atoms with van der Waals surface area (Å²) >= 11 is 0. The molecule has 2 atom stereocenters. The van der Waals surface area contributed by atoms with E-state index in [1.165, 1.54) is 0 Å². The summed E-state index contributed by atoms with van der Waals surface area (Å²) in [6.45, 7) is 5.57. The Labute approximate surface area is 230 Å². The lowest BCUT2D eigenvalue weighted by Gasteiger charge is -2.17. The molecule has 40 heavy (non-hydrogen) atoms. The molecule has 0 spiro atoms. The Morgan fingerprint density at radius 3 is 1.50 bits per heavy atom. The van der Waals surface area contributed by atoms with E-state index in [0.717, 1.165) is 0 Å². The molecule has 1 N–H and O–H groups in total. The van der Waals surface area contributed by atoms with Crippen molar-refractivity contribution in [2.75, 3.05) is 0 Å². The maximum atomic E-state index is 12.7. The summed E-state index contributed by atoms with van der Waals surface area (Å²) in [6, 6.07) is 0. The predicted molar refractivity (Wildman–Crippen MR) is 137 cm³/mol. The summed E-state index contributed by atoms with van der Waals surface area (Å²) in [6.07, 6.45) is 4.86. The van der Waals surface area contributed by atoms with Gasteiger partial charge in [0.1, 0.15) is 0 Å². The van der Waals surface area contributed by atoms with E-state index in [0.29, 0.717) is 19.3 Å². The van der Waals surface area contributed by atoms with Crippen LogP contribution in [-0.4, -0.2) is 46.9 Å². The topological polar surface area (TPSA) is 167 Å². The fourth-order valence-corrected chi connectivity index (χ4v) is 4.92. The number of ether oxygens (including phenoxy) is 3. The van der Waals surface area contributed by atoms with Gasteiger partial charge in [0.2, 0.25) is 0 Å². The second-order valence-corrected chi connectivity index (χ2v) is 9.91. The number of esters is 6. The van der Waals surface area contributed by atoms with E-state index in [1.54, 1.807) is 12.2 Å². The van der Waals surface area contributed by atoms with Crippen molar-refractivity contribution in [3.8, 4) is 0 Å². The number of aliphatic carboxylic acids is 1. The van der Waals surface area contributed by atoms with E-state index < -0.39 is 41.8 Å². The molecule has 3 rings (SSSR count). The van der Waals surface area contributed by atoms with Crippen molar-refractivity contribution in [2.45, 2.75) is 78.6 Å². The van der Waals surface area contributed by atoms with Crippen LogP contribution in [0.2, 0.25) is 0 Å². The normalized spacial score (nSPS) is 19.3. The zero-order valence-electron chi connectivity index (χ0n) is 22.7. The van der Waals surface area contributed by atoms with Crippen molar-refractivity contribution in [3.05, 3.63) is 45.6 Å². The molecule has 0 saturated heterocycles. The smallest absolute Gasteiger partial charge is 0.346 e. The number of carboxylic acids is 1. The van der Waals surface area contributed by atoms with Crippen LogP contribution in [0.3, 0.4) is 0 Å². The van der Waals surface area contributed by atoms with Gasteiger partial charge in [0.25, 0.3) is 0 Å². The highest BCUT2D eigenvalue weighted by molar-refractivity contribution is 6.14. The van der Waals surface area contributed by atoms with Gasteiger partial charge in [0.05, 0.1) is 11.1 Å².